The van der Waals surface area contributed by atoms with E-state index in [9.17, 15) is 0 Å². The Kier molecular flexibility index (Phi) is 4.27. The zero-order valence-electron chi connectivity index (χ0n) is 10.0. The van der Waals surface area contributed by atoms with Crippen molar-refractivity contribution < 1.29 is 4.52 Å². The topological polar surface area (TPSA) is 51.0 Å². The van der Waals surface area contributed by atoms with E-state index in [0.29, 0.717) is 5.89 Å². The highest BCUT2D eigenvalue weighted by atomic mass is 16.5. The van der Waals surface area contributed by atoms with E-state index in [4.69, 9.17) is 4.52 Å². The molecule has 0 bridgehead atoms. The maximum atomic E-state index is 5.15. The van der Waals surface area contributed by atoms with Gasteiger partial charge in [0.2, 0.25) is 5.89 Å². The van der Waals surface area contributed by atoms with Gasteiger partial charge in [-0.3, -0.25) is 0 Å². The molecule has 0 fully saturated rings. The molecule has 0 aliphatic rings. The molecule has 2 aromatic rings. The second-order valence-electron chi connectivity index (χ2n) is 3.94. The number of aryl methyl sites for hydroxylation is 2. The third-order valence-corrected chi connectivity index (χ3v) is 2.58. The number of aromatic nitrogens is 2. The van der Waals surface area contributed by atoms with Gasteiger partial charge in [-0.05, 0) is 19.0 Å². The molecular formula is C13H17N3O. The fraction of sp³-hybridized carbons (Fsp3) is 0.385. The van der Waals surface area contributed by atoms with Crippen LogP contribution in [0.3, 0.4) is 0 Å². The highest BCUT2D eigenvalue weighted by molar-refractivity contribution is 5.15. The molecule has 4 heteroatoms. The largest absolute Gasteiger partial charge is 0.339 e. The summed E-state index contributed by atoms with van der Waals surface area (Å²) in [5, 5.41) is 7.03. The van der Waals surface area contributed by atoms with Gasteiger partial charge in [0.15, 0.2) is 5.82 Å². The Hall–Kier alpha value is -1.68. The summed E-state index contributed by atoms with van der Waals surface area (Å²) in [7, 11) is 1.91. The van der Waals surface area contributed by atoms with Gasteiger partial charge in [0.25, 0.3) is 0 Å². The van der Waals surface area contributed by atoms with Crippen LogP contribution in [0.15, 0.2) is 34.9 Å². The van der Waals surface area contributed by atoms with Gasteiger partial charge >= 0.3 is 0 Å². The van der Waals surface area contributed by atoms with E-state index in [0.717, 1.165) is 31.6 Å². The van der Waals surface area contributed by atoms with Crippen molar-refractivity contribution >= 4 is 0 Å². The Bertz CT molecular complexity index is 439. The summed E-state index contributed by atoms with van der Waals surface area (Å²) in [5.41, 5.74) is 1.30. The fourth-order valence-corrected chi connectivity index (χ4v) is 1.63. The fourth-order valence-electron chi connectivity index (χ4n) is 1.63. The van der Waals surface area contributed by atoms with E-state index in [-0.39, 0.29) is 0 Å². The van der Waals surface area contributed by atoms with E-state index < -0.39 is 0 Å². The Labute approximate surface area is 101 Å². The number of likely N-dealkylation sites (N-methyl/N-ethyl adjacent to an activating group) is 1. The van der Waals surface area contributed by atoms with E-state index in [1.165, 1.54) is 5.56 Å². The monoisotopic (exact) mass is 231 g/mol. The minimum Gasteiger partial charge on any atom is -0.339 e. The van der Waals surface area contributed by atoms with Crippen molar-refractivity contribution in [1.29, 1.82) is 0 Å². The van der Waals surface area contributed by atoms with E-state index in [2.05, 4.69) is 27.6 Å². The van der Waals surface area contributed by atoms with Crippen molar-refractivity contribution in [3.8, 4) is 0 Å². The van der Waals surface area contributed by atoms with Crippen molar-refractivity contribution in [2.75, 3.05) is 13.6 Å². The molecule has 2 rings (SSSR count). The molecule has 0 radical (unpaired) electrons. The molecule has 0 atom stereocenters. The number of hydrogen-bond donors (Lipinski definition) is 1. The molecule has 1 heterocycles. The zero-order chi connectivity index (χ0) is 11.9. The SMILES string of the molecule is CNCCc1nc(CCc2ccccc2)no1. The van der Waals surface area contributed by atoms with E-state index >= 15 is 0 Å². The second-order valence-corrected chi connectivity index (χ2v) is 3.94. The van der Waals surface area contributed by atoms with Crippen LogP contribution in [0.4, 0.5) is 0 Å². The van der Waals surface area contributed by atoms with Gasteiger partial charge in [0.1, 0.15) is 0 Å². The number of benzene rings is 1. The van der Waals surface area contributed by atoms with Crippen molar-refractivity contribution in [2.45, 2.75) is 19.3 Å². The lowest BCUT2D eigenvalue weighted by Crippen LogP contribution is -2.10. The molecule has 0 saturated carbocycles. The smallest absolute Gasteiger partial charge is 0.227 e. The van der Waals surface area contributed by atoms with Crippen LogP contribution < -0.4 is 5.32 Å². The lowest BCUT2D eigenvalue weighted by atomic mass is 10.1. The quantitative estimate of drug-likeness (QED) is 0.820. The predicted molar refractivity (Wildman–Crippen MR) is 65.8 cm³/mol. The predicted octanol–water partition coefficient (Wildman–Crippen LogP) is 1.62. The molecule has 90 valence electrons. The maximum absolute atomic E-state index is 5.15. The van der Waals surface area contributed by atoms with Crippen molar-refractivity contribution in [3.05, 3.63) is 47.6 Å². The summed E-state index contributed by atoms with van der Waals surface area (Å²) in [6.07, 6.45) is 2.56. The van der Waals surface area contributed by atoms with Crippen LogP contribution in [-0.4, -0.2) is 23.7 Å². The van der Waals surface area contributed by atoms with Crippen LogP contribution in [0.2, 0.25) is 0 Å². The first-order chi connectivity index (χ1) is 8.38. The van der Waals surface area contributed by atoms with Gasteiger partial charge in [-0.2, -0.15) is 4.98 Å². The Morgan fingerprint density at radius 1 is 1.12 bits per heavy atom. The van der Waals surface area contributed by atoms with Crippen LogP contribution in [0.1, 0.15) is 17.3 Å². The third-order valence-electron chi connectivity index (χ3n) is 2.58. The summed E-state index contributed by atoms with van der Waals surface area (Å²) in [6, 6.07) is 10.3. The summed E-state index contributed by atoms with van der Waals surface area (Å²) < 4.78 is 5.15. The normalized spacial score (nSPS) is 10.6. The van der Waals surface area contributed by atoms with Gasteiger partial charge in [-0.15, -0.1) is 0 Å². The van der Waals surface area contributed by atoms with Crippen LogP contribution in [-0.2, 0) is 19.3 Å². The first-order valence-electron chi connectivity index (χ1n) is 5.88. The van der Waals surface area contributed by atoms with Gasteiger partial charge in [-0.25, -0.2) is 0 Å². The molecule has 0 amide bonds. The zero-order valence-corrected chi connectivity index (χ0v) is 10.0. The van der Waals surface area contributed by atoms with Gasteiger partial charge in [-0.1, -0.05) is 35.5 Å². The molecule has 0 aliphatic heterocycles. The van der Waals surface area contributed by atoms with Crippen LogP contribution in [0, 0.1) is 0 Å². The first-order valence-corrected chi connectivity index (χ1v) is 5.88. The van der Waals surface area contributed by atoms with Gasteiger partial charge < -0.3 is 9.84 Å². The lowest BCUT2D eigenvalue weighted by Gasteiger charge is -1.96. The average Bonchev–Trinajstić information content (AvgIpc) is 2.83. The summed E-state index contributed by atoms with van der Waals surface area (Å²) in [4.78, 5) is 4.35. The Balaban J connectivity index is 1.85. The minimum absolute atomic E-state index is 0.711. The highest BCUT2D eigenvalue weighted by Gasteiger charge is 2.05. The minimum atomic E-state index is 0.711. The van der Waals surface area contributed by atoms with Crippen LogP contribution in [0.25, 0.3) is 0 Å². The van der Waals surface area contributed by atoms with Gasteiger partial charge in [0.05, 0.1) is 0 Å². The van der Waals surface area contributed by atoms with Crippen LogP contribution >= 0.6 is 0 Å². The van der Waals surface area contributed by atoms with Gasteiger partial charge in [0, 0.05) is 19.4 Å². The number of rotatable bonds is 6. The summed E-state index contributed by atoms with van der Waals surface area (Å²) in [6.45, 7) is 0.861. The number of nitrogens with one attached hydrogen (secondary N) is 1. The maximum Gasteiger partial charge on any atom is 0.227 e. The second kappa shape index (κ2) is 6.15. The van der Waals surface area contributed by atoms with Crippen molar-refractivity contribution in [3.63, 3.8) is 0 Å². The molecule has 1 N–H and O–H groups in total. The first kappa shape index (κ1) is 11.8. The summed E-state index contributed by atoms with van der Waals surface area (Å²) >= 11 is 0. The lowest BCUT2D eigenvalue weighted by molar-refractivity contribution is 0.372. The molecule has 0 saturated heterocycles. The van der Waals surface area contributed by atoms with Crippen molar-refractivity contribution in [2.24, 2.45) is 0 Å². The molecule has 0 aliphatic carbocycles. The molecule has 0 spiro atoms. The number of hydrogen-bond acceptors (Lipinski definition) is 4. The van der Waals surface area contributed by atoms with E-state index in [1.807, 2.05) is 25.2 Å². The summed E-state index contributed by atoms with van der Waals surface area (Å²) in [5.74, 6) is 1.50. The molecule has 1 aromatic heterocycles. The highest BCUT2D eigenvalue weighted by Crippen LogP contribution is 2.05. The standard InChI is InChI=1S/C13H17N3O/c1-14-10-9-13-15-12(16-17-13)8-7-11-5-3-2-4-6-11/h2-6,14H,7-10H2,1H3. The molecular weight excluding hydrogens is 214 g/mol. The third kappa shape index (κ3) is 3.67. The Morgan fingerprint density at radius 2 is 1.94 bits per heavy atom. The van der Waals surface area contributed by atoms with Crippen molar-refractivity contribution in [1.82, 2.24) is 15.5 Å². The average molecular weight is 231 g/mol. The van der Waals surface area contributed by atoms with E-state index in [1.54, 1.807) is 0 Å². The molecule has 17 heavy (non-hydrogen) atoms. The van der Waals surface area contributed by atoms with Crippen LogP contribution in [0.5, 0.6) is 0 Å². The molecule has 0 unspecified atom stereocenters. The molecule has 1 aromatic carbocycles. The Morgan fingerprint density at radius 3 is 2.71 bits per heavy atom. The number of nitrogens with zero attached hydrogens (tertiary/aromatic N) is 2. The molecule has 4 nitrogen and oxygen atoms in total.